The summed E-state index contributed by atoms with van der Waals surface area (Å²) in [6.45, 7) is 0. The van der Waals surface area contributed by atoms with E-state index in [9.17, 15) is 9.90 Å². The minimum absolute atomic E-state index is 0.286. The van der Waals surface area contributed by atoms with Crippen molar-refractivity contribution in [2.24, 2.45) is 0 Å². The minimum atomic E-state index is -1.13. The molecule has 122 valence electrons. The zero-order valence-electron chi connectivity index (χ0n) is 13.0. The Bertz CT molecular complexity index is 821. The molecule has 24 heavy (non-hydrogen) atoms. The first-order chi connectivity index (χ1) is 11.7. The molecule has 3 rings (SSSR count). The summed E-state index contributed by atoms with van der Waals surface area (Å²) >= 11 is 1.26. The molecule has 1 heterocycles. The molecule has 1 atom stereocenters. The van der Waals surface area contributed by atoms with Crippen molar-refractivity contribution < 1.29 is 14.4 Å². The first kappa shape index (κ1) is 16.7. The van der Waals surface area contributed by atoms with Crippen molar-refractivity contribution in [3.8, 4) is 10.4 Å². The van der Waals surface area contributed by atoms with Crippen molar-refractivity contribution in [3.05, 3.63) is 71.6 Å². The lowest BCUT2D eigenvalue weighted by atomic mass is 10.2. The van der Waals surface area contributed by atoms with Crippen molar-refractivity contribution >= 4 is 36.6 Å². The number of anilines is 1. The van der Waals surface area contributed by atoms with E-state index in [1.165, 1.54) is 11.3 Å². The maximum Gasteiger partial charge on any atom is 0.348 e. The van der Waals surface area contributed by atoms with Crippen LogP contribution in [-0.2, 0) is 4.52 Å². The normalized spacial score (nSPS) is 11.9. The van der Waals surface area contributed by atoms with E-state index in [-0.39, 0.29) is 4.88 Å². The van der Waals surface area contributed by atoms with E-state index in [0.29, 0.717) is 5.69 Å². The van der Waals surface area contributed by atoms with Crippen LogP contribution in [0.5, 0.6) is 0 Å². The second-order valence-corrected chi connectivity index (χ2v) is 7.70. The van der Waals surface area contributed by atoms with Gasteiger partial charge in [-0.2, -0.15) is 0 Å². The number of carboxylic acids is 1. The summed E-state index contributed by atoms with van der Waals surface area (Å²) < 4.78 is 5.56. The van der Waals surface area contributed by atoms with Crippen LogP contribution < -0.4 is 10.4 Å². The van der Waals surface area contributed by atoms with Gasteiger partial charge in [0.1, 0.15) is 4.88 Å². The zero-order valence-corrected chi connectivity index (χ0v) is 14.7. The molecule has 0 saturated heterocycles. The van der Waals surface area contributed by atoms with Crippen molar-refractivity contribution in [2.75, 3.05) is 12.2 Å². The highest BCUT2D eigenvalue weighted by Crippen LogP contribution is 2.42. The predicted octanol–water partition coefficient (Wildman–Crippen LogP) is 4.81. The molecule has 0 aliphatic carbocycles. The average Bonchev–Trinajstić information content (AvgIpc) is 3.05. The third-order valence-corrected chi connectivity index (χ3v) is 6.13. The number of rotatable bonds is 6. The Kier molecular flexibility index (Phi) is 5.26. The number of carboxylic acid groups (broad SMARTS) is 1. The maximum absolute atomic E-state index is 11.6. The SMILES string of the molecule is COP(Nc1cc(-c2ccccc2)sc1C(=O)O)c1ccccc1. The van der Waals surface area contributed by atoms with Crippen LogP contribution in [0.25, 0.3) is 10.4 Å². The molecule has 0 aliphatic heterocycles. The highest BCUT2D eigenvalue weighted by Gasteiger charge is 2.20. The Hall–Kier alpha value is -2.20. The Labute approximate surface area is 145 Å². The number of nitrogens with one attached hydrogen (secondary N) is 1. The Morgan fingerprint density at radius 2 is 1.71 bits per heavy atom. The monoisotopic (exact) mass is 357 g/mol. The molecule has 1 unspecified atom stereocenters. The van der Waals surface area contributed by atoms with Crippen molar-refractivity contribution in [1.29, 1.82) is 0 Å². The van der Waals surface area contributed by atoms with E-state index in [4.69, 9.17) is 4.52 Å². The molecule has 0 radical (unpaired) electrons. The molecule has 4 nitrogen and oxygen atoms in total. The molecular weight excluding hydrogens is 341 g/mol. The molecule has 0 fully saturated rings. The summed E-state index contributed by atoms with van der Waals surface area (Å²) in [5.74, 6) is -0.941. The lowest BCUT2D eigenvalue weighted by Crippen LogP contribution is -2.09. The standard InChI is InChI=1S/C18H16NO3PS/c1-22-23(14-10-6-3-7-11-14)19-15-12-16(24-17(15)18(20)21)13-8-4-2-5-9-13/h2-12,19H,1H3,(H,20,21). The number of hydrogen-bond acceptors (Lipinski definition) is 4. The second-order valence-electron chi connectivity index (χ2n) is 4.95. The smallest absolute Gasteiger partial charge is 0.348 e. The molecule has 0 saturated carbocycles. The predicted molar refractivity (Wildman–Crippen MR) is 100 cm³/mol. The summed E-state index contributed by atoms with van der Waals surface area (Å²) in [7, 11) is 0.489. The quantitative estimate of drug-likeness (QED) is 0.622. The topological polar surface area (TPSA) is 58.6 Å². The molecule has 0 spiro atoms. The molecule has 0 amide bonds. The van der Waals surface area contributed by atoms with Crippen molar-refractivity contribution in [2.45, 2.75) is 0 Å². The minimum Gasteiger partial charge on any atom is -0.477 e. The van der Waals surface area contributed by atoms with Gasteiger partial charge in [-0.05, 0) is 11.6 Å². The van der Waals surface area contributed by atoms with E-state index in [0.717, 1.165) is 15.7 Å². The molecule has 1 aromatic heterocycles. The number of aromatic carboxylic acids is 1. The van der Waals surface area contributed by atoms with Crippen LogP contribution in [0.15, 0.2) is 66.7 Å². The molecular formula is C18H16NO3PS. The van der Waals surface area contributed by atoms with Gasteiger partial charge in [-0.3, -0.25) is 0 Å². The lowest BCUT2D eigenvalue weighted by molar-refractivity contribution is 0.0703. The third-order valence-electron chi connectivity index (χ3n) is 3.38. The van der Waals surface area contributed by atoms with Crippen LogP contribution in [0.1, 0.15) is 9.67 Å². The molecule has 2 aromatic carbocycles. The fourth-order valence-corrected chi connectivity index (χ4v) is 4.57. The molecule has 0 bridgehead atoms. The number of carbonyl (C=O) groups is 1. The summed E-state index contributed by atoms with van der Waals surface area (Å²) in [4.78, 5) is 12.8. The fourth-order valence-electron chi connectivity index (χ4n) is 2.27. The highest BCUT2D eigenvalue weighted by molar-refractivity contribution is 7.62. The maximum atomic E-state index is 11.6. The summed E-state index contributed by atoms with van der Waals surface area (Å²) in [6.07, 6.45) is 0. The van der Waals surface area contributed by atoms with Crippen LogP contribution in [0, 0.1) is 0 Å². The second kappa shape index (κ2) is 7.58. The highest BCUT2D eigenvalue weighted by atomic mass is 32.1. The fraction of sp³-hybridized carbons (Fsp3) is 0.0556. The van der Waals surface area contributed by atoms with Gasteiger partial charge in [0.25, 0.3) is 0 Å². The van der Waals surface area contributed by atoms with Gasteiger partial charge in [-0.15, -0.1) is 11.3 Å². The number of hydrogen-bond donors (Lipinski definition) is 2. The van der Waals surface area contributed by atoms with Crippen LogP contribution in [0.2, 0.25) is 0 Å². The Balaban J connectivity index is 1.95. The van der Waals surface area contributed by atoms with Gasteiger partial charge in [0.05, 0.1) is 5.69 Å². The van der Waals surface area contributed by atoms with Crippen LogP contribution >= 0.6 is 19.6 Å². The zero-order chi connectivity index (χ0) is 16.9. The van der Waals surface area contributed by atoms with Crippen molar-refractivity contribution in [3.63, 3.8) is 0 Å². The summed E-state index contributed by atoms with van der Waals surface area (Å²) in [5, 5.41) is 13.8. The molecule has 3 aromatic rings. The molecule has 2 N–H and O–H groups in total. The van der Waals surface area contributed by atoms with E-state index < -0.39 is 14.3 Å². The first-order valence-electron chi connectivity index (χ1n) is 7.27. The van der Waals surface area contributed by atoms with E-state index in [1.807, 2.05) is 66.7 Å². The van der Waals surface area contributed by atoms with Gasteiger partial charge in [0.2, 0.25) is 0 Å². The van der Waals surface area contributed by atoms with Crippen molar-refractivity contribution in [1.82, 2.24) is 0 Å². The van der Waals surface area contributed by atoms with Crippen LogP contribution in [0.3, 0.4) is 0 Å². The summed E-state index contributed by atoms with van der Waals surface area (Å²) in [6, 6.07) is 21.4. The van der Waals surface area contributed by atoms with E-state index >= 15 is 0 Å². The largest absolute Gasteiger partial charge is 0.477 e. The van der Waals surface area contributed by atoms with Gasteiger partial charge in [0, 0.05) is 17.3 Å². The van der Waals surface area contributed by atoms with Gasteiger partial charge < -0.3 is 14.7 Å². The average molecular weight is 357 g/mol. The summed E-state index contributed by atoms with van der Waals surface area (Å²) in [5.41, 5.74) is 1.59. The Morgan fingerprint density at radius 1 is 1.08 bits per heavy atom. The van der Waals surface area contributed by atoms with E-state index in [1.54, 1.807) is 7.11 Å². The van der Waals surface area contributed by atoms with Gasteiger partial charge in [-0.1, -0.05) is 60.7 Å². The number of benzene rings is 2. The Morgan fingerprint density at radius 3 is 2.29 bits per heavy atom. The van der Waals surface area contributed by atoms with E-state index in [2.05, 4.69) is 5.09 Å². The van der Waals surface area contributed by atoms with Gasteiger partial charge >= 0.3 is 5.97 Å². The number of thiophene rings is 1. The third kappa shape index (κ3) is 3.65. The van der Waals surface area contributed by atoms with Crippen LogP contribution in [-0.4, -0.2) is 18.2 Å². The molecule has 0 aliphatic rings. The first-order valence-corrected chi connectivity index (χ1v) is 9.35. The molecule has 6 heteroatoms. The van der Waals surface area contributed by atoms with Crippen LogP contribution in [0.4, 0.5) is 5.69 Å². The lowest BCUT2D eigenvalue weighted by Gasteiger charge is -2.17. The van der Waals surface area contributed by atoms with Gasteiger partial charge in [-0.25, -0.2) is 4.79 Å². The van der Waals surface area contributed by atoms with Gasteiger partial charge in [0.15, 0.2) is 8.30 Å².